The number of ether oxygens (including phenoxy) is 3. The van der Waals surface area contributed by atoms with Gasteiger partial charge in [-0.2, -0.15) is 0 Å². The van der Waals surface area contributed by atoms with Gasteiger partial charge in [-0.1, -0.05) is 29.8 Å². The third-order valence-electron chi connectivity index (χ3n) is 4.96. The number of amides is 1. The molecule has 7 nitrogen and oxygen atoms in total. The molecule has 0 aromatic heterocycles. The zero-order chi connectivity index (χ0) is 23.4. The second-order valence-electron chi connectivity index (χ2n) is 7.28. The van der Waals surface area contributed by atoms with Crippen LogP contribution in [0.5, 0.6) is 11.5 Å². The van der Waals surface area contributed by atoms with Crippen LogP contribution in [0.25, 0.3) is 0 Å². The van der Waals surface area contributed by atoms with Crippen LogP contribution in [0.1, 0.15) is 33.2 Å². The summed E-state index contributed by atoms with van der Waals surface area (Å²) in [7, 11) is 0. The monoisotopic (exact) mass is 465 g/mol. The minimum Gasteiger partial charge on any atom is -0.486 e. The van der Waals surface area contributed by atoms with Gasteiger partial charge < -0.3 is 19.5 Å². The fourth-order valence-electron chi connectivity index (χ4n) is 3.26. The molecule has 3 aromatic rings. The number of hydrogen-bond donors (Lipinski definition) is 1. The molecule has 0 aliphatic carbocycles. The standard InChI is InChI=1S/C25H20ClNO6/c1-15(24(29)27-18-10-11-21-22(14-18)32-13-12-31-21)33-25(30)20-5-3-2-4-19(20)23(28)16-6-8-17(26)9-7-16/h2-11,14-15H,12-13H2,1H3,(H,27,29)/t15-/m1/s1. The average molecular weight is 466 g/mol. The zero-order valence-corrected chi connectivity index (χ0v) is 18.4. The molecular weight excluding hydrogens is 446 g/mol. The van der Waals surface area contributed by atoms with Crippen LogP contribution >= 0.6 is 11.6 Å². The third-order valence-corrected chi connectivity index (χ3v) is 5.21. The van der Waals surface area contributed by atoms with Crippen LogP contribution in [0.4, 0.5) is 5.69 Å². The third kappa shape index (κ3) is 5.15. The molecule has 33 heavy (non-hydrogen) atoms. The first-order valence-electron chi connectivity index (χ1n) is 10.2. The van der Waals surface area contributed by atoms with Gasteiger partial charge in [0.1, 0.15) is 13.2 Å². The van der Waals surface area contributed by atoms with Crippen LogP contribution in [0.15, 0.2) is 66.7 Å². The summed E-state index contributed by atoms with van der Waals surface area (Å²) in [4.78, 5) is 38.3. The number of halogens is 1. The summed E-state index contributed by atoms with van der Waals surface area (Å²) in [6, 6.07) is 17.6. The van der Waals surface area contributed by atoms with Gasteiger partial charge in [-0.05, 0) is 49.4 Å². The molecule has 0 radical (unpaired) electrons. The van der Waals surface area contributed by atoms with Gasteiger partial charge in [0.25, 0.3) is 5.91 Å². The van der Waals surface area contributed by atoms with Crippen LogP contribution in [0, 0.1) is 0 Å². The highest BCUT2D eigenvalue weighted by atomic mass is 35.5. The van der Waals surface area contributed by atoms with Gasteiger partial charge in [-0.25, -0.2) is 4.79 Å². The molecule has 1 N–H and O–H groups in total. The van der Waals surface area contributed by atoms with Crippen molar-refractivity contribution in [3.05, 3.63) is 88.4 Å². The van der Waals surface area contributed by atoms with Gasteiger partial charge in [0.05, 0.1) is 5.56 Å². The van der Waals surface area contributed by atoms with Gasteiger partial charge in [0, 0.05) is 27.9 Å². The maximum absolute atomic E-state index is 12.9. The summed E-state index contributed by atoms with van der Waals surface area (Å²) >= 11 is 5.89. The van der Waals surface area contributed by atoms with Crippen LogP contribution in [-0.4, -0.2) is 37.0 Å². The number of rotatable bonds is 6. The van der Waals surface area contributed by atoms with E-state index in [2.05, 4.69) is 5.32 Å². The van der Waals surface area contributed by atoms with E-state index in [1.54, 1.807) is 54.6 Å². The van der Waals surface area contributed by atoms with Crippen LogP contribution in [-0.2, 0) is 9.53 Å². The first kappa shape index (κ1) is 22.4. The number of ketones is 1. The lowest BCUT2D eigenvalue weighted by Gasteiger charge is -2.19. The molecule has 1 aliphatic rings. The lowest BCUT2D eigenvalue weighted by molar-refractivity contribution is -0.123. The maximum atomic E-state index is 12.9. The smallest absolute Gasteiger partial charge is 0.339 e. The normalized spacial score (nSPS) is 13.0. The molecule has 0 fully saturated rings. The maximum Gasteiger partial charge on any atom is 0.339 e. The fraction of sp³-hybridized carbons (Fsp3) is 0.160. The van der Waals surface area contributed by atoms with Crippen molar-refractivity contribution in [1.29, 1.82) is 0 Å². The highest BCUT2D eigenvalue weighted by Gasteiger charge is 2.24. The Morgan fingerprint density at radius 1 is 0.909 bits per heavy atom. The lowest BCUT2D eigenvalue weighted by atomic mass is 9.98. The number of fused-ring (bicyclic) bond motifs is 1. The van der Waals surface area contributed by atoms with E-state index in [9.17, 15) is 14.4 Å². The van der Waals surface area contributed by atoms with Gasteiger partial charge in [0.15, 0.2) is 23.4 Å². The molecule has 0 saturated carbocycles. The SMILES string of the molecule is C[C@@H](OC(=O)c1ccccc1C(=O)c1ccc(Cl)cc1)C(=O)Nc1ccc2c(c1)OCCO2. The fourth-order valence-corrected chi connectivity index (χ4v) is 3.38. The molecule has 1 heterocycles. The lowest BCUT2D eigenvalue weighted by Crippen LogP contribution is -2.30. The number of esters is 1. The van der Waals surface area contributed by atoms with Crippen molar-refractivity contribution in [2.45, 2.75) is 13.0 Å². The molecule has 0 bridgehead atoms. The Morgan fingerprint density at radius 3 is 2.30 bits per heavy atom. The Kier molecular flexibility index (Phi) is 6.60. The minimum absolute atomic E-state index is 0.0661. The molecule has 0 spiro atoms. The van der Waals surface area contributed by atoms with Gasteiger partial charge in [-0.15, -0.1) is 0 Å². The highest BCUT2D eigenvalue weighted by Crippen LogP contribution is 2.32. The van der Waals surface area contributed by atoms with Crippen molar-refractivity contribution in [3.63, 3.8) is 0 Å². The summed E-state index contributed by atoms with van der Waals surface area (Å²) < 4.78 is 16.3. The molecule has 8 heteroatoms. The Balaban J connectivity index is 1.45. The average Bonchev–Trinajstić information content (AvgIpc) is 2.84. The van der Waals surface area contributed by atoms with Crippen molar-refractivity contribution in [2.75, 3.05) is 18.5 Å². The summed E-state index contributed by atoms with van der Waals surface area (Å²) in [5, 5.41) is 3.18. The Labute approximate surface area is 195 Å². The van der Waals surface area contributed by atoms with E-state index in [1.165, 1.54) is 19.1 Å². The van der Waals surface area contributed by atoms with Gasteiger partial charge in [-0.3, -0.25) is 9.59 Å². The van der Waals surface area contributed by atoms with E-state index in [0.29, 0.717) is 41.0 Å². The van der Waals surface area contributed by atoms with Crippen molar-refractivity contribution >= 4 is 34.9 Å². The van der Waals surface area contributed by atoms with E-state index in [0.717, 1.165) is 0 Å². The second kappa shape index (κ2) is 9.75. The first-order valence-corrected chi connectivity index (χ1v) is 10.6. The van der Waals surface area contributed by atoms with E-state index >= 15 is 0 Å². The van der Waals surface area contributed by atoms with Gasteiger partial charge >= 0.3 is 5.97 Å². The number of hydrogen-bond acceptors (Lipinski definition) is 6. The van der Waals surface area contributed by atoms with Gasteiger partial charge in [0.2, 0.25) is 0 Å². The second-order valence-corrected chi connectivity index (χ2v) is 7.71. The predicted molar refractivity (Wildman–Crippen MR) is 122 cm³/mol. The molecular formula is C25H20ClNO6. The van der Waals surface area contributed by atoms with Crippen LogP contribution in [0.3, 0.4) is 0 Å². The van der Waals surface area contributed by atoms with Crippen molar-refractivity contribution in [1.82, 2.24) is 0 Å². The molecule has 3 aromatic carbocycles. The van der Waals surface area contributed by atoms with Crippen LogP contribution < -0.4 is 14.8 Å². The molecule has 1 amide bonds. The van der Waals surface area contributed by atoms with E-state index < -0.39 is 18.0 Å². The summed E-state index contributed by atoms with van der Waals surface area (Å²) in [6.45, 7) is 2.34. The number of carbonyl (C=O) groups is 3. The largest absolute Gasteiger partial charge is 0.486 e. The highest BCUT2D eigenvalue weighted by molar-refractivity contribution is 6.30. The summed E-state index contributed by atoms with van der Waals surface area (Å²) in [5.41, 5.74) is 1.09. The molecule has 1 atom stereocenters. The number of anilines is 1. The van der Waals surface area contributed by atoms with Crippen molar-refractivity contribution in [2.24, 2.45) is 0 Å². The molecule has 1 aliphatic heterocycles. The molecule has 4 rings (SSSR count). The van der Waals surface area contributed by atoms with E-state index in [1.807, 2.05) is 0 Å². The minimum atomic E-state index is -1.11. The summed E-state index contributed by atoms with van der Waals surface area (Å²) in [6.07, 6.45) is -1.11. The van der Waals surface area contributed by atoms with E-state index in [-0.39, 0.29) is 16.9 Å². The Morgan fingerprint density at radius 2 is 1.58 bits per heavy atom. The first-order chi connectivity index (χ1) is 15.9. The number of carbonyl (C=O) groups excluding carboxylic acids is 3. The Bertz CT molecular complexity index is 1210. The van der Waals surface area contributed by atoms with Crippen LogP contribution in [0.2, 0.25) is 5.02 Å². The topological polar surface area (TPSA) is 90.9 Å². The summed E-state index contributed by atoms with van der Waals surface area (Å²) in [5.74, 6) is -0.536. The quantitative estimate of drug-likeness (QED) is 0.425. The van der Waals surface area contributed by atoms with E-state index in [4.69, 9.17) is 25.8 Å². The molecule has 0 saturated heterocycles. The van der Waals surface area contributed by atoms with Crippen molar-refractivity contribution in [3.8, 4) is 11.5 Å². The number of benzene rings is 3. The molecule has 168 valence electrons. The zero-order valence-electron chi connectivity index (χ0n) is 17.7. The Hall–Kier alpha value is -3.84. The number of nitrogens with one attached hydrogen (secondary N) is 1. The van der Waals surface area contributed by atoms with Crippen molar-refractivity contribution < 1.29 is 28.6 Å². The predicted octanol–water partition coefficient (Wildman–Crippen LogP) is 4.53. The molecule has 0 unspecified atom stereocenters.